The number of nitrogens with zero attached hydrogens (tertiary/aromatic N) is 2. The predicted molar refractivity (Wildman–Crippen MR) is 228 cm³/mol. The summed E-state index contributed by atoms with van der Waals surface area (Å²) in [5.74, 6) is -1.05. The average molecular weight is 862 g/mol. The summed E-state index contributed by atoms with van der Waals surface area (Å²) in [7, 11) is 0. The Morgan fingerprint density at radius 3 is 1.95 bits per heavy atom. The Hall–Kier alpha value is -2.25. The summed E-state index contributed by atoms with van der Waals surface area (Å²) in [4.78, 5) is 43.4. The lowest BCUT2D eigenvalue weighted by Crippen LogP contribution is -2.62. The molecule has 1 heterocycles. The van der Waals surface area contributed by atoms with Gasteiger partial charge in [-0.05, 0) is 64.2 Å². The van der Waals surface area contributed by atoms with Crippen LogP contribution in [-0.2, 0) is 23.9 Å². The van der Waals surface area contributed by atoms with Gasteiger partial charge in [-0.15, -0.1) is 0 Å². The second-order valence-corrected chi connectivity index (χ2v) is 18.1. The first-order chi connectivity index (χ1) is 28.3. The molecule has 0 radical (unpaired) electrons. The van der Waals surface area contributed by atoms with Gasteiger partial charge in [-0.25, -0.2) is 0 Å². The van der Waals surface area contributed by atoms with Crippen LogP contribution in [0.5, 0.6) is 0 Å². The lowest BCUT2D eigenvalue weighted by Gasteiger charge is -2.43. The van der Waals surface area contributed by atoms with Crippen LogP contribution >= 0.6 is 0 Å². The van der Waals surface area contributed by atoms with Gasteiger partial charge in [-0.1, -0.05) is 85.3 Å². The molecule has 0 aromatic heterocycles. The first-order valence-corrected chi connectivity index (χ1v) is 22.4. The maximum Gasteiger partial charge on any atom is 0.251 e. The zero-order valence-electron chi connectivity index (χ0n) is 37.7. The van der Waals surface area contributed by atoms with Crippen molar-refractivity contribution in [3.63, 3.8) is 0 Å². The van der Waals surface area contributed by atoms with Crippen molar-refractivity contribution >= 4 is 17.7 Å². The maximum atomic E-state index is 13.7. The first-order valence-electron chi connectivity index (χ1n) is 22.4. The molecule has 0 aromatic rings. The number of aliphatic hydroxyl groups excluding tert-OH is 8. The number of ether oxygens (including phenoxy) is 2. The monoisotopic (exact) mass is 862 g/mol. The SMILES string of the molecule is CCCCCC/C=C\CCCCCCCC(=O)N(CCCNC(=O)C(O)C(O)C(OC1OC(CO)C(O)C(O)C1O)C(O)CO)CCC(C)(C)N(CC(C)(C)C)C(=O)CC. The molecule has 0 spiro atoms. The Kier molecular flexibility index (Phi) is 27.1. The van der Waals surface area contributed by atoms with Crippen LogP contribution < -0.4 is 5.32 Å². The van der Waals surface area contributed by atoms with Gasteiger partial charge in [0.25, 0.3) is 5.91 Å². The van der Waals surface area contributed by atoms with Gasteiger partial charge in [0.05, 0.1) is 13.2 Å². The number of aliphatic hydroxyl groups is 8. The summed E-state index contributed by atoms with van der Waals surface area (Å²) < 4.78 is 10.7. The Balaban J connectivity index is 2.89. The summed E-state index contributed by atoms with van der Waals surface area (Å²) in [6.45, 7) is 13.7. The van der Waals surface area contributed by atoms with Gasteiger partial charge in [-0.2, -0.15) is 0 Å². The van der Waals surface area contributed by atoms with E-state index in [-0.39, 0.29) is 36.7 Å². The van der Waals surface area contributed by atoms with Gasteiger partial charge in [0.15, 0.2) is 12.4 Å². The van der Waals surface area contributed by atoms with Crippen molar-refractivity contribution in [1.82, 2.24) is 15.1 Å². The van der Waals surface area contributed by atoms with Gasteiger partial charge < -0.3 is 65.4 Å². The standard InChI is InChI=1S/C44H83N3O13/c1-8-10-11-12-13-14-15-16-17-18-19-20-21-23-34(52)46(27-24-44(6,7)47(33(51)9-2)30-43(3,4)5)26-22-25-45-41(58)38(56)37(55)40(31(50)28-48)60-42-39(57)36(54)35(53)32(29-49)59-42/h14-15,31-32,35-40,42,48-50,53-57H,8-13,16-30H2,1-7H3,(H,45,58)/b15-14-. The van der Waals surface area contributed by atoms with Gasteiger partial charge >= 0.3 is 0 Å². The van der Waals surface area contributed by atoms with Crippen LogP contribution in [0.2, 0.25) is 0 Å². The van der Waals surface area contributed by atoms with E-state index in [0.29, 0.717) is 32.4 Å². The smallest absolute Gasteiger partial charge is 0.251 e. The number of hydrogen-bond acceptors (Lipinski definition) is 13. The molecule has 9 unspecified atom stereocenters. The Bertz CT molecular complexity index is 1230. The summed E-state index contributed by atoms with van der Waals surface area (Å²) >= 11 is 0. The normalized spacial score (nSPS) is 22.0. The number of rotatable bonds is 31. The van der Waals surface area contributed by atoms with E-state index in [0.717, 1.165) is 44.9 Å². The van der Waals surface area contributed by atoms with E-state index in [1.807, 2.05) is 25.7 Å². The zero-order valence-corrected chi connectivity index (χ0v) is 37.7. The Morgan fingerprint density at radius 2 is 1.38 bits per heavy atom. The molecule has 0 aromatic carbocycles. The van der Waals surface area contributed by atoms with Crippen LogP contribution in [0.4, 0.5) is 0 Å². The van der Waals surface area contributed by atoms with Crippen LogP contribution in [0, 0.1) is 5.41 Å². The molecular formula is C44H83N3O13. The molecule has 1 aliphatic heterocycles. The molecule has 60 heavy (non-hydrogen) atoms. The van der Waals surface area contributed by atoms with Gasteiger partial charge in [0.1, 0.15) is 42.7 Å². The van der Waals surface area contributed by atoms with Crippen molar-refractivity contribution < 1.29 is 64.7 Å². The van der Waals surface area contributed by atoms with Crippen LogP contribution in [0.1, 0.15) is 145 Å². The molecule has 16 nitrogen and oxygen atoms in total. The van der Waals surface area contributed by atoms with Crippen molar-refractivity contribution in [3.05, 3.63) is 12.2 Å². The quantitative estimate of drug-likeness (QED) is 0.0359. The fourth-order valence-electron chi connectivity index (χ4n) is 7.12. The van der Waals surface area contributed by atoms with Gasteiger partial charge in [0.2, 0.25) is 11.8 Å². The van der Waals surface area contributed by atoms with Crippen LogP contribution in [0.25, 0.3) is 0 Å². The highest BCUT2D eigenvalue weighted by molar-refractivity contribution is 5.81. The number of carbonyl (C=O) groups is 3. The van der Waals surface area contributed by atoms with Gasteiger partial charge in [0, 0.05) is 44.6 Å². The van der Waals surface area contributed by atoms with E-state index in [1.54, 1.807) is 4.90 Å². The third-order valence-electron chi connectivity index (χ3n) is 11.0. The molecule has 352 valence electrons. The van der Waals surface area contributed by atoms with E-state index >= 15 is 0 Å². The Morgan fingerprint density at radius 1 is 0.783 bits per heavy atom. The number of amides is 3. The molecule has 3 amide bonds. The number of allylic oxidation sites excluding steroid dienone is 2. The van der Waals surface area contributed by atoms with Gasteiger partial charge in [-0.3, -0.25) is 14.4 Å². The molecule has 1 rings (SSSR count). The first kappa shape index (κ1) is 55.8. The summed E-state index contributed by atoms with van der Waals surface area (Å²) in [6, 6.07) is 0. The minimum Gasteiger partial charge on any atom is -0.394 e. The minimum atomic E-state index is -2.20. The molecule has 1 aliphatic rings. The third-order valence-corrected chi connectivity index (χ3v) is 11.0. The molecule has 9 N–H and O–H groups in total. The zero-order chi connectivity index (χ0) is 45.5. The molecule has 0 bridgehead atoms. The van der Waals surface area contributed by atoms with Crippen molar-refractivity contribution in [2.75, 3.05) is 39.4 Å². The summed E-state index contributed by atoms with van der Waals surface area (Å²) in [6.07, 6.45) is 1.41. The summed E-state index contributed by atoms with van der Waals surface area (Å²) in [5.41, 5.74) is -0.689. The molecule has 1 fully saturated rings. The molecule has 9 atom stereocenters. The number of unbranched alkanes of at least 4 members (excludes halogenated alkanes) is 9. The van der Waals surface area contributed by atoms with E-state index in [1.165, 1.54) is 25.7 Å². The topological polar surface area (TPSA) is 250 Å². The van der Waals surface area contributed by atoms with Crippen molar-refractivity contribution in [3.8, 4) is 0 Å². The summed E-state index contributed by atoms with van der Waals surface area (Å²) in [5, 5.41) is 84.1. The Labute approximate surface area is 359 Å². The van der Waals surface area contributed by atoms with Crippen molar-refractivity contribution in [2.45, 2.75) is 205 Å². The van der Waals surface area contributed by atoms with E-state index in [9.17, 15) is 55.2 Å². The number of hydrogen-bond donors (Lipinski definition) is 9. The largest absolute Gasteiger partial charge is 0.394 e. The molecule has 16 heteroatoms. The second kappa shape index (κ2) is 29.2. The van der Waals surface area contributed by atoms with Crippen molar-refractivity contribution in [2.24, 2.45) is 5.41 Å². The maximum absolute atomic E-state index is 13.7. The van der Waals surface area contributed by atoms with Crippen LogP contribution in [0.15, 0.2) is 12.2 Å². The van der Waals surface area contributed by atoms with E-state index < -0.39 is 79.8 Å². The number of nitrogens with one attached hydrogen (secondary N) is 1. The van der Waals surface area contributed by atoms with Crippen LogP contribution in [-0.4, -0.2) is 168 Å². The average Bonchev–Trinajstić information content (AvgIpc) is 3.21. The highest BCUT2D eigenvalue weighted by Gasteiger charge is 2.47. The predicted octanol–water partition coefficient (Wildman–Crippen LogP) is 2.29. The fourth-order valence-corrected chi connectivity index (χ4v) is 7.12. The molecular weight excluding hydrogens is 778 g/mol. The lowest BCUT2D eigenvalue weighted by atomic mass is 9.90. The minimum absolute atomic E-state index is 0.00572. The fraction of sp³-hybridized carbons (Fsp3) is 0.886. The van der Waals surface area contributed by atoms with E-state index in [2.05, 4.69) is 45.2 Å². The highest BCUT2D eigenvalue weighted by Crippen LogP contribution is 2.28. The molecule has 0 saturated carbocycles. The second-order valence-electron chi connectivity index (χ2n) is 18.1. The third kappa shape index (κ3) is 20.3. The number of carbonyl (C=O) groups excluding carboxylic acids is 3. The molecule has 1 saturated heterocycles. The highest BCUT2D eigenvalue weighted by atomic mass is 16.7. The lowest BCUT2D eigenvalue weighted by molar-refractivity contribution is -0.326. The molecule has 0 aliphatic carbocycles. The van der Waals surface area contributed by atoms with Crippen LogP contribution in [0.3, 0.4) is 0 Å². The van der Waals surface area contributed by atoms with Crippen molar-refractivity contribution in [1.29, 1.82) is 0 Å². The van der Waals surface area contributed by atoms with E-state index in [4.69, 9.17) is 9.47 Å².